The van der Waals surface area contributed by atoms with Crippen LogP contribution in [0.3, 0.4) is 0 Å². The molecule has 1 aromatic carbocycles. The minimum atomic E-state index is -1.20. The topological polar surface area (TPSA) is 95.5 Å². The monoisotopic (exact) mass is 274 g/mol. The van der Waals surface area contributed by atoms with E-state index in [4.69, 9.17) is 5.11 Å². The second kappa shape index (κ2) is 7.52. The Morgan fingerprint density at radius 2 is 1.80 bits per heavy atom. The highest BCUT2D eigenvalue weighted by molar-refractivity contribution is 6.02. The molecular weight excluding hydrogens is 260 g/mol. The van der Waals surface area contributed by atoms with Crippen molar-refractivity contribution in [3.8, 4) is 0 Å². The van der Waals surface area contributed by atoms with Crippen LogP contribution in [0, 0.1) is 0 Å². The number of carbonyl (C=O) groups is 3. The van der Waals surface area contributed by atoms with Crippen molar-refractivity contribution in [1.29, 1.82) is 0 Å². The number of anilines is 1. The van der Waals surface area contributed by atoms with Crippen molar-refractivity contribution in [2.75, 3.05) is 11.9 Å². The Labute approximate surface area is 115 Å². The van der Waals surface area contributed by atoms with E-state index in [0.29, 0.717) is 17.8 Å². The first kappa shape index (κ1) is 15.2. The Morgan fingerprint density at radius 3 is 2.35 bits per heavy atom. The number of rotatable bonds is 6. The molecule has 0 unspecified atom stereocenters. The summed E-state index contributed by atoms with van der Waals surface area (Å²) in [6.07, 6.45) is 3.22. The van der Waals surface area contributed by atoms with Gasteiger partial charge in [-0.1, -0.05) is 6.08 Å². The molecule has 1 aromatic rings. The molecule has 104 valence electrons. The molecule has 0 heterocycles. The second-order valence-corrected chi connectivity index (χ2v) is 3.74. The van der Waals surface area contributed by atoms with Gasteiger partial charge in [-0.2, -0.15) is 0 Å². The number of aliphatic carboxylic acids is 1. The number of benzene rings is 1. The third kappa shape index (κ3) is 5.18. The lowest BCUT2D eigenvalue weighted by molar-refractivity contribution is -0.131. The summed E-state index contributed by atoms with van der Waals surface area (Å²) in [6.45, 7) is 3.86. The van der Waals surface area contributed by atoms with Crippen LogP contribution in [0.5, 0.6) is 0 Å². The van der Waals surface area contributed by atoms with E-state index in [-0.39, 0.29) is 5.91 Å². The van der Waals surface area contributed by atoms with Crippen LogP contribution in [0.1, 0.15) is 10.4 Å². The first-order valence-electron chi connectivity index (χ1n) is 5.74. The predicted octanol–water partition coefficient (Wildman–Crippen LogP) is 1.18. The molecule has 0 aliphatic rings. The van der Waals surface area contributed by atoms with Crippen LogP contribution in [-0.2, 0) is 9.59 Å². The van der Waals surface area contributed by atoms with Gasteiger partial charge in [0.1, 0.15) is 0 Å². The number of amides is 2. The standard InChI is InChI=1S/C14H14N2O4/c1-2-9-15-14(20)10-3-5-11(6-4-10)16-12(17)7-8-13(18)19/h2-8H,1,9H2,(H,15,20)(H,16,17)(H,18,19)/b8-7+. The average Bonchev–Trinajstić information content (AvgIpc) is 2.43. The van der Waals surface area contributed by atoms with Crippen LogP contribution in [0.2, 0.25) is 0 Å². The summed E-state index contributed by atoms with van der Waals surface area (Å²) in [7, 11) is 0. The fourth-order valence-electron chi connectivity index (χ4n) is 1.30. The SMILES string of the molecule is C=CCNC(=O)c1ccc(NC(=O)/C=C/C(=O)O)cc1. The quantitative estimate of drug-likeness (QED) is 0.536. The van der Waals surface area contributed by atoms with Crippen molar-refractivity contribution in [2.45, 2.75) is 0 Å². The Hall–Kier alpha value is -2.89. The van der Waals surface area contributed by atoms with Crippen molar-refractivity contribution in [3.05, 3.63) is 54.6 Å². The predicted molar refractivity (Wildman–Crippen MR) is 74.4 cm³/mol. The molecule has 0 bridgehead atoms. The van der Waals surface area contributed by atoms with E-state index < -0.39 is 11.9 Å². The van der Waals surface area contributed by atoms with Gasteiger partial charge >= 0.3 is 5.97 Å². The summed E-state index contributed by atoms with van der Waals surface area (Å²) in [5, 5.41) is 13.5. The number of hydrogen-bond donors (Lipinski definition) is 3. The first-order chi connectivity index (χ1) is 9.52. The molecule has 0 fully saturated rings. The summed E-state index contributed by atoms with van der Waals surface area (Å²) in [5.74, 6) is -2.00. The van der Waals surface area contributed by atoms with Gasteiger partial charge in [-0.15, -0.1) is 6.58 Å². The van der Waals surface area contributed by atoms with Gasteiger partial charge in [0.15, 0.2) is 0 Å². The molecule has 20 heavy (non-hydrogen) atoms. The molecule has 0 spiro atoms. The maximum absolute atomic E-state index is 11.6. The molecule has 0 aromatic heterocycles. The smallest absolute Gasteiger partial charge is 0.328 e. The Bertz CT molecular complexity index is 547. The largest absolute Gasteiger partial charge is 0.478 e. The minimum absolute atomic E-state index is 0.242. The maximum Gasteiger partial charge on any atom is 0.328 e. The Morgan fingerprint density at radius 1 is 1.15 bits per heavy atom. The molecule has 6 heteroatoms. The van der Waals surface area contributed by atoms with E-state index in [2.05, 4.69) is 17.2 Å². The highest BCUT2D eigenvalue weighted by Gasteiger charge is 2.04. The third-order valence-corrected chi connectivity index (χ3v) is 2.20. The van der Waals surface area contributed by atoms with Crippen molar-refractivity contribution in [1.82, 2.24) is 5.32 Å². The molecule has 2 amide bonds. The second-order valence-electron chi connectivity index (χ2n) is 3.74. The zero-order valence-electron chi connectivity index (χ0n) is 10.6. The van der Waals surface area contributed by atoms with Crippen LogP contribution in [0.4, 0.5) is 5.69 Å². The van der Waals surface area contributed by atoms with E-state index in [9.17, 15) is 14.4 Å². The van der Waals surface area contributed by atoms with Crippen molar-refractivity contribution < 1.29 is 19.5 Å². The van der Waals surface area contributed by atoms with Gasteiger partial charge < -0.3 is 15.7 Å². The molecule has 0 saturated heterocycles. The third-order valence-electron chi connectivity index (χ3n) is 2.20. The van der Waals surface area contributed by atoms with Crippen LogP contribution in [0.25, 0.3) is 0 Å². The van der Waals surface area contributed by atoms with Gasteiger partial charge in [0, 0.05) is 29.9 Å². The molecule has 3 N–H and O–H groups in total. The van der Waals surface area contributed by atoms with E-state index in [1.807, 2.05) is 0 Å². The van der Waals surface area contributed by atoms with Gasteiger partial charge in [-0.3, -0.25) is 9.59 Å². The lowest BCUT2D eigenvalue weighted by Crippen LogP contribution is -2.23. The number of carboxylic acids is 1. The number of carboxylic acid groups (broad SMARTS) is 1. The fraction of sp³-hybridized carbons (Fsp3) is 0.0714. The Balaban J connectivity index is 2.62. The summed E-state index contributed by atoms with van der Waals surface area (Å²) in [5.41, 5.74) is 0.913. The van der Waals surface area contributed by atoms with E-state index in [1.54, 1.807) is 30.3 Å². The van der Waals surface area contributed by atoms with Gasteiger partial charge in [-0.05, 0) is 24.3 Å². The molecule has 0 saturated carbocycles. The van der Waals surface area contributed by atoms with Crippen LogP contribution in [0.15, 0.2) is 49.1 Å². The van der Waals surface area contributed by atoms with Crippen molar-refractivity contribution in [2.24, 2.45) is 0 Å². The zero-order chi connectivity index (χ0) is 15.0. The lowest BCUT2D eigenvalue weighted by atomic mass is 10.2. The van der Waals surface area contributed by atoms with Gasteiger partial charge in [0.05, 0.1) is 0 Å². The van der Waals surface area contributed by atoms with Crippen LogP contribution in [-0.4, -0.2) is 29.4 Å². The number of nitrogens with one attached hydrogen (secondary N) is 2. The van der Waals surface area contributed by atoms with E-state index >= 15 is 0 Å². The van der Waals surface area contributed by atoms with Gasteiger partial charge in [-0.25, -0.2) is 4.79 Å². The fourth-order valence-corrected chi connectivity index (χ4v) is 1.30. The molecule has 0 atom stereocenters. The zero-order valence-corrected chi connectivity index (χ0v) is 10.6. The average molecular weight is 274 g/mol. The normalized spacial score (nSPS) is 10.0. The molecule has 6 nitrogen and oxygen atoms in total. The highest BCUT2D eigenvalue weighted by Crippen LogP contribution is 2.09. The van der Waals surface area contributed by atoms with E-state index in [1.165, 1.54) is 0 Å². The van der Waals surface area contributed by atoms with Gasteiger partial charge in [0.25, 0.3) is 5.91 Å². The summed E-state index contributed by atoms with van der Waals surface area (Å²) < 4.78 is 0. The van der Waals surface area contributed by atoms with Crippen molar-refractivity contribution in [3.63, 3.8) is 0 Å². The van der Waals surface area contributed by atoms with Gasteiger partial charge in [0.2, 0.25) is 5.91 Å². The number of hydrogen-bond acceptors (Lipinski definition) is 3. The molecule has 1 rings (SSSR count). The maximum atomic E-state index is 11.6. The van der Waals surface area contributed by atoms with E-state index in [0.717, 1.165) is 12.2 Å². The van der Waals surface area contributed by atoms with Crippen molar-refractivity contribution >= 4 is 23.5 Å². The summed E-state index contributed by atoms with van der Waals surface area (Å²) >= 11 is 0. The highest BCUT2D eigenvalue weighted by atomic mass is 16.4. The Kier molecular flexibility index (Phi) is 5.71. The summed E-state index contributed by atoms with van der Waals surface area (Å²) in [4.78, 5) is 33.2. The molecule has 0 aliphatic heterocycles. The van der Waals surface area contributed by atoms with Crippen LogP contribution < -0.4 is 10.6 Å². The number of carbonyl (C=O) groups excluding carboxylic acids is 2. The minimum Gasteiger partial charge on any atom is -0.478 e. The lowest BCUT2D eigenvalue weighted by Gasteiger charge is -2.05. The molecular formula is C14H14N2O4. The first-order valence-corrected chi connectivity index (χ1v) is 5.74. The molecule has 0 radical (unpaired) electrons. The summed E-state index contributed by atoms with van der Waals surface area (Å²) in [6, 6.07) is 6.20. The van der Waals surface area contributed by atoms with Crippen LogP contribution >= 0.6 is 0 Å². The molecule has 0 aliphatic carbocycles.